The lowest BCUT2D eigenvalue weighted by Crippen LogP contribution is -2.34. The van der Waals surface area contributed by atoms with Crippen LogP contribution in [0.5, 0.6) is 0 Å². The van der Waals surface area contributed by atoms with Crippen molar-refractivity contribution in [2.45, 2.75) is 38.8 Å². The summed E-state index contributed by atoms with van der Waals surface area (Å²) in [5, 5.41) is 0. The van der Waals surface area contributed by atoms with Gasteiger partial charge in [0.1, 0.15) is 11.9 Å². The van der Waals surface area contributed by atoms with Crippen molar-refractivity contribution in [3.63, 3.8) is 0 Å². The maximum Gasteiger partial charge on any atom is 0.224 e. The number of aromatic amines is 1. The van der Waals surface area contributed by atoms with Gasteiger partial charge in [0.25, 0.3) is 0 Å². The maximum absolute atomic E-state index is 11.8. The SMILES string of the molecule is CCCN1C(=O)CC(N)C1c1ncc(C)[nH]1. The van der Waals surface area contributed by atoms with Crippen LogP contribution in [0.4, 0.5) is 0 Å². The molecule has 0 spiro atoms. The fourth-order valence-corrected chi connectivity index (χ4v) is 2.26. The van der Waals surface area contributed by atoms with Crippen LogP contribution in [-0.2, 0) is 4.79 Å². The first-order valence-corrected chi connectivity index (χ1v) is 5.70. The molecule has 5 nitrogen and oxygen atoms in total. The van der Waals surface area contributed by atoms with Crippen molar-refractivity contribution in [3.8, 4) is 0 Å². The van der Waals surface area contributed by atoms with Gasteiger partial charge in [0.15, 0.2) is 0 Å². The van der Waals surface area contributed by atoms with E-state index >= 15 is 0 Å². The lowest BCUT2D eigenvalue weighted by Gasteiger charge is -2.24. The van der Waals surface area contributed by atoms with Crippen LogP contribution < -0.4 is 5.73 Å². The normalized spacial score (nSPS) is 25.4. The molecule has 0 aliphatic carbocycles. The van der Waals surface area contributed by atoms with Crippen LogP contribution >= 0.6 is 0 Å². The molecule has 0 bridgehead atoms. The molecule has 2 atom stereocenters. The topological polar surface area (TPSA) is 75.0 Å². The number of amides is 1. The molecule has 1 aromatic heterocycles. The highest BCUT2D eigenvalue weighted by Gasteiger charge is 2.39. The Balaban J connectivity index is 2.26. The number of aryl methyl sites for hydroxylation is 1. The zero-order valence-electron chi connectivity index (χ0n) is 9.73. The average molecular weight is 222 g/mol. The highest BCUT2D eigenvalue weighted by atomic mass is 16.2. The van der Waals surface area contributed by atoms with Crippen LogP contribution in [0.2, 0.25) is 0 Å². The lowest BCUT2D eigenvalue weighted by molar-refractivity contribution is -0.129. The van der Waals surface area contributed by atoms with Gasteiger partial charge in [-0.2, -0.15) is 0 Å². The van der Waals surface area contributed by atoms with E-state index in [1.165, 1.54) is 0 Å². The molecule has 1 aromatic rings. The van der Waals surface area contributed by atoms with Gasteiger partial charge in [-0.1, -0.05) is 6.92 Å². The van der Waals surface area contributed by atoms with E-state index in [-0.39, 0.29) is 18.0 Å². The summed E-state index contributed by atoms with van der Waals surface area (Å²) in [4.78, 5) is 21.1. The van der Waals surface area contributed by atoms with Crippen LogP contribution in [0.3, 0.4) is 0 Å². The smallest absolute Gasteiger partial charge is 0.224 e. The molecule has 3 N–H and O–H groups in total. The van der Waals surface area contributed by atoms with Crippen molar-refractivity contribution >= 4 is 5.91 Å². The van der Waals surface area contributed by atoms with Crippen molar-refractivity contribution in [1.29, 1.82) is 0 Å². The molecule has 88 valence electrons. The number of carbonyl (C=O) groups excluding carboxylic acids is 1. The zero-order chi connectivity index (χ0) is 11.7. The number of hydrogen-bond donors (Lipinski definition) is 2. The molecule has 2 heterocycles. The number of rotatable bonds is 3. The van der Waals surface area contributed by atoms with E-state index < -0.39 is 0 Å². The summed E-state index contributed by atoms with van der Waals surface area (Å²) in [5.74, 6) is 0.942. The fourth-order valence-electron chi connectivity index (χ4n) is 2.26. The van der Waals surface area contributed by atoms with Gasteiger partial charge in [-0.15, -0.1) is 0 Å². The second-order valence-corrected chi connectivity index (χ2v) is 4.35. The summed E-state index contributed by atoms with van der Waals surface area (Å²) < 4.78 is 0. The molecule has 0 aromatic carbocycles. The van der Waals surface area contributed by atoms with E-state index in [0.29, 0.717) is 6.42 Å². The molecule has 1 saturated heterocycles. The van der Waals surface area contributed by atoms with Gasteiger partial charge in [-0.05, 0) is 13.3 Å². The summed E-state index contributed by atoms with van der Waals surface area (Å²) in [6, 6.07) is -0.231. The minimum Gasteiger partial charge on any atom is -0.344 e. The summed E-state index contributed by atoms with van der Waals surface area (Å²) >= 11 is 0. The zero-order valence-corrected chi connectivity index (χ0v) is 9.73. The average Bonchev–Trinajstić information content (AvgIpc) is 2.73. The third-order valence-corrected chi connectivity index (χ3v) is 2.94. The Kier molecular flexibility index (Phi) is 2.96. The quantitative estimate of drug-likeness (QED) is 0.791. The predicted molar refractivity (Wildman–Crippen MR) is 60.7 cm³/mol. The molecule has 16 heavy (non-hydrogen) atoms. The second-order valence-electron chi connectivity index (χ2n) is 4.35. The molecule has 0 saturated carbocycles. The van der Waals surface area contributed by atoms with Crippen LogP contribution in [0.1, 0.15) is 37.3 Å². The molecule has 5 heteroatoms. The van der Waals surface area contributed by atoms with E-state index in [9.17, 15) is 4.79 Å². The van der Waals surface area contributed by atoms with E-state index in [1.807, 2.05) is 11.8 Å². The number of aromatic nitrogens is 2. The predicted octanol–water partition coefficient (Wildman–Crippen LogP) is 0.729. The van der Waals surface area contributed by atoms with Crippen molar-refractivity contribution in [2.24, 2.45) is 5.73 Å². The highest BCUT2D eigenvalue weighted by Crippen LogP contribution is 2.30. The number of likely N-dealkylation sites (tertiary alicyclic amines) is 1. The lowest BCUT2D eigenvalue weighted by atomic mass is 10.1. The van der Waals surface area contributed by atoms with Gasteiger partial charge >= 0.3 is 0 Å². The number of H-pyrrole nitrogens is 1. The first-order valence-electron chi connectivity index (χ1n) is 5.70. The third kappa shape index (κ3) is 1.82. The van der Waals surface area contributed by atoms with Crippen LogP contribution in [0.15, 0.2) is 6.20 Å². The summed E-state index contributed by atoms with van der Waals surface area (Å²) in [6.45, 7) is 4.75. The molecule has 0 radical (unpaired) electrons. The number of carbonyl (C=O) groups is 1. The van der Waals surface area contributed by atoms with Gasteiger partial charge in [0.2, 0.25) is 5.91 Å². The number of nitrogens with two attached hydrogens (primary N) is 1. The van der Waals surface area contributed by atoms with Gasteiger partial charge in [-0.25, -0.2) is 4.98 Å². The Morgan fingerprint density at radius 1 is 1.69 bits per heavy atom. The minimum atomic E-state index is -0.149. The molecule has 1 fully saturated rings. The highest BCUT2D eigenvalue weighted by molar-refractivity contribution is 5.80. The Morgan fingerprint density at radius 3 is 3.00 bits per heavy atom. The van der Waals surface area contributed by atoms with Crippen LogP contribution in [-0.4, -0.2) is 33.4 Å². The van der Waals surface area contributed by atoms with Crippen molar-refractivity contribution in [2.75, 3.05) is 6.54 Å². The van der Waals surface area contributed by atoms with Gasteiger partial charge in [-0.3, -0.25) is 4.79 Å². The Labute approximate surface area is 95.0 Å². The first-order chi connectivity index (χ1) is 7.63. The maximum atomic E-state index is 11.8. The number of nitrogens with one attached hydrogen (secondary N) is 1. The molecule has 1 amide bonds. The summed E-state index contributed by atoms with van der Waals surface area (Å²) in [6.07, 6.45) is 3.13. The van der Waals surface area contributed by atoms with E-state index in [4.69, 9.17) is 5.73 Å². The van der Waals surface area contributed by atoms with Crippen molar-refractivity contribution < 1.29 is 4.79 Å². The second kappa shape index (κ2) is 4.25. The van der Waals surface area contributed by atoms with E-state index in [0.717, 1.165) is 24.5 Å². The minimum absolute atomic E-state index is 0.0823. The van der Waals surface area contributed by atoms with Crippen molar-refractivity contribution in [1.82, 2.24) is 14.9 Å². The molecular formula is C11H18N4O. The number of hydrogen-bond acceptors (Lipinski definition) is 3. The summed E-state index contributed by atoms with van der Waals surface area (Å²) in [7, 11) is 0. The Morgan fingerprint density at radius 2 is 2.44 bits per heavy atom. The Hall–Kier alpha value is -1.36. The van der Waals surface area contributed by atoms with Gasteiger partial charge < -0.3 is 15.6 Å². The van der Waals surface area contributed by atoms with Crippen molar-refractivity contribution in [3.05, 3.63) is 17.7 Å². The molecule has 2 rings (SSSR count). The first kappa shape index (κ1) is 11.1. The van der Waals surface area contributed by atoms with E-state index in [2.05, 4.69) is 16.9 Å². The van der Waals surface area contributed by atoms with Gasteiger partial charge in [0.05, 0.1) is 0 Å². The largest absolute Gasteiger partial charge is 0.344 e. The number of imidazole rings is 1. The summed E-state index contributed by atoms with van der Waals surface area (Å²) in [5.41, 5.74) is 7.01. The molecular weight excluding hydrogens is 204 g/mol. The monoisotopic (exact) mass is 222 g/mol. The van der Waals surface area contributed by atoms with Gasteiger partial charge in [0, 0.05) is 30.9 Å². The Bertz CT molecular complexity index is 387. The molecule has 1 aliphatic rings. The van der Waals surface area contributed by atoms with Crippen LogP contribution in [0, 0.1) is 6.92 Å². The fraction of sp³-hybridized carbons (Fsp3) is 0.636. The third-order valence-electron chi connectivity index (χ3n) is 2.94. The molecule has 2 unspecified atom stereocenters. The van der Waals surface area contributed by atoms with Crippen LogP contribution in [0.25, 0.3) is 0 Å². The number of nitrogens with zero attached hydrogens (tertiary/aromatic N) is 2. The molecule has 1 aliphatic heterocycles. The standard InChI is InChI=1S/C11H18N4O/c1-3-4-15-9(16)5-8(12)10(15)11-13-6-7(2)14-11/h6,8,10H,3-5,12H2,1-2H3,(H,13,14). The van der Waals surface area contributed by atoms with E-state index in [1.54, 1.807) is 6.20 Å².